The first-order chi connectivity index (χ1) is 9.06. The van der Waals surface area contributed by atoms with Crippen LogP contribution in [-0.2, 0) is 0 Å². The molecule has 19 heavy (non-hydrogen) atoms. The van der Waals surface area contributed by atoms with Crippen LogP contribution in [0.15, 0.2) is 57.9 Å². The van der Waals surface area contributed by atoms with E-state index < -0.39 is 0 Å². The van der Waals surface area contributed by atoms with Crippen molar-refractivity contribution in [1.82, 2.24) is 0 Å². The SMILES string of the molecule is C[C@@H](Sc1ccc(Br)cc1)C(=O)c1ccc(Cl)cc1. The molecule has 98 valence electrons. The quantitative estimate of drug-likeness (QED) is 0.534. The lowest BCUT2D eigenvalue weighted by Gasteiger charge is -2.10. The molecule has 0 amide bonds. The fraction of sp³-hybridized carbons (Fsp3) is 0.133. The zero-order valence-electron chi connectivity index (χ0n) is 10.3. The van der Waals surface area contributed by atoms with Gasteiger partial charge in [0, 0.05) is 20.0 Å². The molecule has 2 rings (SSSR count). The first kappa shape index (κ1) is 14.6. The van der Waals surface area contributed by atoms with Gasteiger partial charge in [-0.2, -0.15) is 0 Å². The maximum Gasteiger partial charge on any atom is 0.175 e. The van der Waals surface area contributed by atoms with Crippen molar-refractivity contribution < 1.29 is 4.79 Å². The van der Waals surface area contributed by atoms with Gasteiger partial charge in [-0.15, -0.1) is 11.8 Å². The first-order valence-corrected chi connectivity index (χ1v) is 7.83. The minimum absolute atomic E-state index is 0.115. The third kappa shape index (κ3) is 4.10. The Morgan fingerprint density at radius 3 is 2.26 bits per heavy atom. The van der Waals surface area contributed by atoms with Crippen LogP contribution in [0.25, 0.3) is 0 Å². The highest BCUT2D eigenvalue weighted by Crippen LogP contribution is 2.27. The Labute approximate surface area is 130 Å². The molecule has 1 nitrogen and oxygen atoms in total. The Kier molecular flexibility index (Phi) is 5.08. The van der Waals surface area contributed by atoms with Gasteiger partial charge in [0.05, 0.1) is 5.25 Å². The summed E-state index contributed by atoms with van der Waals surface area (Å²) < 4.78 is 1.04. The molecule has 0 radical (unpaired) electrons. The second kappa shape index (κ2) is 6.60. The molecule has 0 fully saturated rings. The summed E-state index contributed by atoms with van der Waals surface area (Å²) in [6.07, 6.45) is 0. The third-order valence-electron chi connectivity index (χ3n) is 2.62. The van der Waals surface area contributed by atoms with Crippen molar-refractivity contribution in [1.29, 1.82) is 0 Å². The van der Waals surface area contributed by atoms with Gasteiger partial charge in [0.25, 0.3) is 0 Å². The minimum atomic E-state index is -0.123. The summed E-state index contributed by atoms with van der Waals surface area (Å²) in [5, 5.41) is 0.520. The van der Waals surface area contributed by atoms with Gasteiger partial charge in [-0.25, -0.2) is 0 Å². The molecule has 0 heterocycles. The van der Waals surface area contributed by atoms with Gasteiger partial charge in [0.15, 0.2) is 5.78 Å². The molecule has 0 unspecified atom stereocenters. The van der Waals surface area contributed by atoms with Crippen LogP contribution in [0, 0.1) is 0 Å². The zero-order valence-corrected chi connectivity index (χ0v) is 13.4. The molecule has 0 saturated carbocycles. The summed E-state index contributed by atoms with van der Waals surface area (Å²) in [5.74, 6) is 0.115. The van der Waals surface area contributed by atoms with Gasteiger partial charge < -0.3 is 0 Å². The average Bonchev–Trinajstić information content (AvgIpc) is 2.41. The van der Waals surface area contributed by atoms with Crippen molar-refractivity contribution >= 4 is 45.1 Å². The molecule has 0 aromatic heterocycles. The molecule has 2 aromatic rings. The number of Topliss-reactive ketones (excluding diaryl/α,β-unsaturated/α-hetero) is 1. The molecule has 0 N–H and O–H groups in total. The van der Waals surface area contributed by atoms with Crippen molar-refractivity contribution in [2.24, 2.45) is 0 Å². The molecule has 0 bridgehead atoms. The van der Waals surface area contributed by atoms with E-state index in [9.17, 15) is 4.79 Å². The van der Waals surface area contributed by atoms with E-state index in [1.807, 2.05) is 31.2 Å². The highest BCUT2D eigenvalue weighted by molar-refractivity contribution is 9.10. The van der Waals surface area contributed by atoms with Crippen LogP contribution in [0.2, 0.25) is 5.02 Å². The summed E-state index contributed by atoms with van der Waals surface area (Å²) in [6, 6.07) is 15.0. The molecule has 0 saturated heterocycles. The van der Waals surface area contributed by atoms with Crippen molar-refractivity contribution in [2.45, 2.75) is 17.1 Å². The number of thioether (sulfide) groups is 1. The monoisotopic (exact) mass is 354 g/mol. The lowest BCUT2D eigenvalue weighted by Crippen LogP contribution is -2.13. The maximum atomic E-state index is 12.3. The fourth-order valence-corrected chi connectivity index (χ4v) is 2.95. The Morgan fingerprint density at radius 2 is 1.68 bits per heavy atom. The van der Waals surface area contributed by atoms with E-state index in [1.54, 1.807) is 36.0 Å². The molecule has 0 aliphatic heterocycles. The Balaban J connectivity index is 2.07. The van der Waals surface area contributed by atoms with Gasteiger partial charge in [-0.1, -0.05) is 27.5 Å². The normalized spacial score (nSPS) is 12.2. The summed E-state index contributed by atoms with van der Waals surface area (Å²) >= 11 is 10.8. The van der Waals surface area contributed by atoms with Gasteiger partial charge in [-0.05, 0) is 55.5 Å². The van der Waals surface area contributed by atoms with Crippen LogP contribution in [0.3, 0.4) is 0 Å². The van der Waals surface area contributed by atoms with Gasteiger partial charge in [-0.3, -0.25) is 4.79 Å². The number of carbonyl (C=O) groups is 1. The van der Waals surface area contributed by atoms with E-state index in [0.717, 1.165) is 9.37 Å². The van der Waals surface area contributed by atoms with Crippen LogP contribution in [0.5, 0.6) is 0 Å². The van der Waals surface area contributed by atoms with E-state index in [-0.39, 0.29) is 11.0 Å². The molecule has 2 aromatic carbocycles. The molecular weight excluding hydrogens is 344 g/mol. The maximum absolute atomic E-state index is 12.3. The van der Waals surface area contributed by atoms with Crippen molar-refractivity contribution in [3.8, 4) is 0 Å². The highest BCUT2D eigenvalue weighted by Gasteiger charge is 2.16. The first-order valence-electron chi connectivity index (χ1n) is 5.78. The Morgan fingerprint density at radius 1 is 1.11 bits per heavy atom. The molecule has 0 aliphatic carbocycles. The molecule has 4 heteroatoms. The highest BCUT2D eigenvalue weighted by atomic mass is 79.9. The number of hydrogen-bond donors (Lipinski definition) is 0. The second-order valence-corrected chi connectivity index (χ2v) is 6.85. The minimum Gasteiger partial charge on any atom is -0.293 e. The number of halogens is 2. The predicted molar refractivity (Wildman–Crippen MR) is 85.2 cm³/mol. The van der Waals surface area contributed by atoms with Crippen molar-refractivity contribution in [3.63, 3.8) is 0 Å². The molecule has 1 atom stereocenters. The van der Waals surface area contributed by atoms with E-state index >= 15 is 0 Å². The molecule has 0 aliphatic rings. The molecular formula is C15H12BrClOS. The van der Waals surface area contributed by atoms with Crippen LogP contribution >= 0.6 is 39.3 Å². The van der Waals surface area contributed by atoms with E-state index in [4.69, 9.17) is 11.6 Å². The lowest BCUT2D eigenvalue weighted by molar-refractivity contribution is 0.0994. The summed E-state index contributed by atoms with van der Waals surface area (Å²) in [4.78, 5) is 13.3. The number of rotatable bonds is 4. The van der Waals surface area contributed by atoms with Gasteiger partial charge in [0.2, 0.25) is 0 Å². The largest absolute Gasteiger partial charge is 0.293 e. The summed E-state index contributed by atoms with van der Waals surface area (Å²) in [7, 11) is 0. The smallest absolute Gasteiger partial charge is 0.175 e. The number of ketones is 1. The Hall–Kier alpha value is -0.770. The van der Waals surface area contributed by atoms with E-state index in [0.29, 0.717) is 10.6 Å². The summed E-state index contributed by atoms with van der Waals surface area (Å²) in [5.41, 5.74) is 0.696. The van der Waals surface area contributed by atoms with E-state index in [1.165, 1.54) is 0 Å². The van der Waals surface area contributed by atoms with Crippen molar-refractivity contribution in [3.05, 3.63) is 63.6 Å². The third-order valence-corrected chi connectivity index (χ3v) is 4.52. The van der Waals surface area contributed by atoms with Crippen LogP contribution in [0.4, 0.5) is 0 Å². The van der Waals surface area contributed by atoms with Gasteiger partial charge >= 0.3 is 0 Å². The lowest BCUT2D eigenvalue weighted by atomic mass is 10.1. The summed E-state index contributed by atoms with van der Waals surface area (Å²) in [6.45, 7) is 1.92. The van der Waals surface area contributed by atoms with Gasteiger partial charge in [0.1, 0.15) is 0 Å². The van der Waals surface area contributed by atoms with Crippen LogP contribution in [-0.4, -0.2) is 11.0 Å². The number of hydrogen-bond acceptors (Lipinski definition) is 2. The predicted octanol–water partition coefficient (Wildman–Crippen LogP) is 5.47. The fourth-order valence-electron chi connectivity index (χ4n) is 1.62. The second-order valence-electron chi connectivity index (χ2n) is 4.09. The molecule has 0 spiro atoms. The zero-order chi connectivity index (χ0) is 13.8. The standard InChI is InChI=1S/C15H12BrClOS/c1-10(19-14-8-4-12(16)5-9-14)15(18)11-2-6-13(17)7-3-11/h2-10H,1H3/t10-/m1/s1. The Bertz CT molecular complexity index is 566. The number of benzene rings is 2. The van der Waals surface area contributed by atoms with Crippen molar-refractivity contribution in [2.75, 3.05) is 0 Å². The topological polar surface area (TPSA) is 17.1 Å². The number of carbonyl (C=O) groups excluding carboxylic acids is 1. The van der Waals surface area contributed by atoms with Crippen LogP contribution in [0.1, 0.15) is 17.3 Å². The van der Waals surface area contributed by atoms with Crippen LogP contribution < -0.4 is 0 Å². The average molecular weight is 356 g/mol. The van der Waals surface area contributed by atoms with E-state index in [2.05, 4.69) is 15.9 Å².